The van der Waals surface area contributed by atoms with Crippen LogP contribution in [0.2, 0.25) is 0 Å². The van der Waals surface area contributed by atoms with Crippen LogP contribution in [-0.4, -0.2) is 17.6 Å². The van der Waals surface area contributed by atoms with Crippen molar-refractivity contribution >= 4 is 17.3 Å². The van der Waals surface area contributed by atoms with Crippen LogP contribution in [0.15, 0.2) is 21.9 Å². The Morgan fingerprint density at radius 3 is 2.94 bits per heavy atom. The first kappa shape index (κ1) is 11.9. The zero-order valence-corrected chi connectivity index (χ0v) is 10.5. The van der Waals surface area contributed by atoms with E-state index < -0.39 is 5.97 Å². The molecule has 17 heavy (non-hydrogen) atoms. The largest absolute Gasteiger partial charge is 0.460 e. The Bertz CT molecular complexity index is 502. The van der Waals surface area contributed by atoms with Crippen molar-refractivity contribution in [2.45, 2.75) is 20.3 Å². The van der Waals surface area contributed by atoms with E-state index in [1.54, 1.807) is 6.92 Å². The van der Waals surface area contributed by atoms with Gasteiger partial charge in [0.05, 0.1) is 17.2 Å². The fraction of sp³-hybridized carbons (Fsp3) is 0.333. The Hall–Kier alpha value is -1.62. The van der Waals surface area contributed by atoms with Gasteiger partial charge in [-0.05, 0) is 24.8 Å². The average Bonchev–Trinajstić information content (AvgIpc) is 2.97. The van der Waals surface area contributed by atoms with Crippen molar-refractivity contribution < 1.29 is 13.9 Å². The lowest BCUT2D eigenvalue weighted by atomic mass is 10.3. The number of oxazole rings is 1. The molecule has 0 aromatic carbocycles. The van der Waals surface area contributed by atoms with Crippen molar-refractivity contribution in [3.05, 3.63) is 29.0 Å². The third-order valence-electron chi connectivity index (χ3n) is 2.23. The summed E-state index contributed by atoms with van der Waals surface area (Å²) in [6.45, 7) is 4.02. The molecule has 0 bridgehead atoms. The second-order valence-electron chi connectivity index (χ2n) is 3.35. The van der Waals surface area contributed by atoms with E-state index in [1.807, 2.05) is 24.4 Å². The van der Waals surface area contributed by atoms with E-state index in [1.165, 1.54) is 11.3 Å². The number of thiophene rings is 1. The molecule has 90 valence electrons. The third-order valence-corrected chi connectivity index (χ3v) is 3.08. The molecule has 0 saturated carbocycles. The summed E-state index contributed by atoms with van der Waals surface area (Å²) in [5.74, 6) is 0.261. The first-order valence-electron chi connectivity index (χ1n) is 5.47. The summed E-state index contributed by atoms with van der Waals surface area (Å²) in [5, 5.41) is 1.94. The molecule has 0 saturated heterocycles. The third kappa shape index (κ3) is 2.39. The zero-order valence-electron chi connectivity index (χ0n) is 9.73. The van der Waals surface area contributed by atoms with Crippen LogP contribution >= 0.6 is 11.3 Å². The minimum absolute atomic E-state index is 0.220. The molecule has 0 spiro atoms. The summed E-state index contributed by atoms with van der Waals surface area (Å²) < 4.78 is 10.4. The summed E-state index contributed by atoms with van der Waals surface area (Å²) in [6.07, 6.45) is 0.642. The highest BCUT2D eigenvalue weighted by molar-refractivity contribution is 7.13. The van der Waals surface area contributed by atoms with E-state index in [2.05, 4.69) is 4.98 Å². The van der Waals surface area contributed by atoms with Gasteiger partial charge in [0.15, 0.2) is 0 Å². The number of aryl methyl sites for hydroxylation is 1. The predicted octanol–water partition coefficient (Wildman–Crippen LogP) is 3.14. The van der Waals surface area contributed by atoms with Crippen molar-refractivity contribution in [1.82, 2.24) is 4.98 Å². The summed E-state index contributed by atoms with van der Waals surface area (Å²) >= 11 is 1.53. The molecule has 0 fully saturated rings. The normalized spacial score (nSPS) is 10.5. The molecule has 2 rings (SSSR count). The monoisotopic (exact) mass is 251 g/mol. The number of hydrogen-bond acceptors (Lipinski definition) is 5. The first-order chi connectivity index (χ1) is 8.26. The molecule has 0 atom stereocenters. The maximum Gasteiger partial charge on any atom is 0.376 e. The highest BCUT2D eigenvalue weighted by atomic mass is 32.1. The van der Waals surface area contributed by atoms with Gasteiger partial charge in [0.1, 0.15) is 0 Å². The van der Waals surface area contributed by atoms with Crippen molar-refractivity contribution in [1.29, 1.82) is 0 Å². The average molecular weight is 251 g/mol. The lowest BCUT2D eigenvalue weighted by Crippen LogP contribution is -2.05. The number of nitrogens with zero attached hydrogens (tertiary/aromatic N) is 1. The Morgan fingerprint density at radius 1 is 1.53 bits per heavy atom. The van der Waals surface area contributed by atoms with Gasteiger partial charge in [-0.2, -0.15) is 0 Å². The molecular weight excluding hydrogens is 238 g/mol. The number of rotatable bonds is 4. The molecule has 5 heteroatoms. The lowest BCUT2D eigenvalue weighted by Gasteiger charge is -1.98. The zero-order chi connectivity index (χ0) is 12.3. The van der Waals surface area contributed by atoms with E-state index in [0.717, 1.165) is 4.88 Å². The highest BCUT2D eigenvalue weighted by Crippen LogP contribution is 2.26. The Morgan fingerprint density at radius 2 is 2.35 bits per heavy atom. The van der Waals surface area contributed by atoms with Gasteiger partial charge in [-0.3, -0.25) is 0 Å². The number of hydrogen-bond donors (Lipinski definition) is 0. The van der Waals surface area contributed by atoms with Crippen molar-refractivity contribution in [3.63, 3.8) is 0 Å². The van der Waals surface area contributed by atoms with Crippen molar-refractivity contribution in [2.24, 2.45) is 0 Å². The van der Waals surface area contributed by atoms with Crippen molar-refractivity contribution in [3.8, 4) is 10.8 Å². The van der Waals surface area contributed by atoms with Gasteiger partial charge in [0.2, 0.25) is 11.7 Å². The molecule has 0 unspecified atom stereocenters. The Balaban J connectivity index is 2.36. The topological polar surface area (TPSA) is 52.3 Å². The van der Waals surface area contributed by atoms with Gasteiger partial charge < -0.3 is 9.15 Å². The van der Waals surface area contributed by atoms with Gasteiger partial charge >= 0.3 is 5.97 Å². The molecule has 0 aliphatic rings. The summed E-state index contributed by atoms with van der Waals surface area (Å²) in [4.78, 5) is 16.9. The summed E-state index contributed by atoms with van der Waals surface area (Å²) in [5.41, 5.74) is 0.645. The van der Waals surface area contributed by atoms with E-state index >= 15 is 0 Å². The Kier molecular flexibility index (Phi) is 3.58. The van der Waals surface area contributed by atoms with Crippen LogP contribution in [0.4, 0.5) is 0 Å². The minimum atomic E-state index is -0.445. The van der Waals surface area contributed by atoms with Gasteiger partial charge in [0.25, 0.3) is 0 Å². The number of carbonyl (C=O) groups excluding carboxylic acids is 1. The van der Waals surface area contributed by atoms with Crippen LogP contribution < -0.4 is 0 Å². The Labute approximate surface area is 103 Å². The van der Waals surface area contributed by atoms with E-state index in [9.17, 15) is 4.79 Å². The van der Waals surface area contributed by atoms with E-state index in [4.69, 9.17) is 9.15 Å². The molecule has 0 N–H and O–H groups in total. The van der Waals surface area contributed by atoms with Gasteiger partial charge in [0, 0.05) is 0 Å². The van der Waals surface area contributed by atoms with Crippen LogP contribution in [0, 0.1) is 0 Å². The molecule has 0 aliphatic heterocycles. The van der Waals surface area contributed by atoms with Crippen LogP contribution in [0.3, 0.4) is 0 Å². The number of ether oxygens (including phenoxy) is 1. The predicted molar refractivity (Wildman–Crippen MR) is 65.2 cm³/mol. The molecule has 2 heterocycles. The number of esters is 1. The second kappa shape index (κ2) is 5.14. The maximum atomic E-state index is 11.7. The van der Waals surface area contributed by atoms with Crippen LogP contribution in [0.25, 0.3) is 10.8 Å². The summed E-state index contributed by atoms with van der Waals surface area (Å²) in [6, 6.07) is 3.82. The molecule has 2 aromatic rings. The summed E-state index contributed by atoms with van der Waals surface area (Å²) in [7, 11) is 0. The van der Waals surface area contributed by atoms with Crippen LogP contribution in [0.5, 0.6) is 0 Å². The fourth-order valence-electron chi connectivity index (χ4n) is 1.45. The van der Waals surface area contributed by atoms with E-state index in [0.29, 0.717) is 24.6 Å². The van der Waals surface area contributed by atoms with Gasteiger partial charge in [-0.25, -0.2) is 9.78 Å². The van der Waals surface area contributed by atoms with Crippen LogP contribution in [0.1, 0.15) is 30.1 Å². The van der Waals surface area contributed by atoms with Crippen molar-refractivity contribution in [2.75, 3.05) is 6.61 Å². The molecule has 0 radical (unpaired) electrons. The highest BCUT2D eigenvalue weighted by Gasteiger charge is 2.21. The number of aromatic nitrogens is 1. The molecule has 0 aliphatic carbocycles. The lowest BCUT2D eigenvalue weighted by molar-refractivity contribution is 0.0489. The van der Waals surface area contributed by atoms with Gasteiger partial charge in [-0.1, -0.05) is 13.0 Å². The molecular formula is C12H13NO3S. The second-order valence-corrected chi connectivity index (χ2v) is 4.29. The number of carbonyl (C=O) groups is 1. The maximum absolute atomic E-state index is 11.7. The first-order valence-corrected chi connectivity index (χ1v) is 6.34. The minimum Gasteiger partial charge on any atom is -0.460 e. The molecule has 4 nitrogen and oxygen atoms in total. The fourth-order valence-corrected chi connectivity index (χ4v) is 2.10. The van der Waals surface area contributed by atoms with Crippen LogP contribution in [-0.2, 0) is 11.2 Å². The SMILES string of the molecule is CCOC(=O)c1oc(-c2cccs2)nc1CC. The molecule has 2 aromatic heterocycles. The van der Waals surface area contributed by atoms with E-state index in [-0.39, 0.29) is 5.76 Å². The molecule has 0 amide bonds. The standard InChI is InChI=1S/C12H13NO3S/c1-3-8-10(12(14)15-4-2)16-11(13-8)9-6-5-7-17-9/h5-7H,3-4H2,1-2H3. The quantitative estimate of drug-likeness (QED) is 0.783. The van der Waals surface area contributed by atoms with Gasteiger partial charge in [-0.15, -0.1) is 11.3 Å². The smallest absolute Gasteiger partial charge is 0.376 e.